The maximum absolute atomic E-state index is 9.24. The second-order valence-corrected chi connectivity index (χ2v) is 0.598. The van der Waals surface area contributed by atoms with E-state index in [9.17, 15) is 4.79 Å². The first-order valence-corrected chi connectivity index (χ1v) is 1.19. The van der Waals surface area contributed by atoms with E-state index in [0.29, 0.717) is 0 Å². The third-order valence-electron chi connectivity index (χ3n) is 0.175. The fourth-order valence-corrected chi connectivity index (χ4v) is 0. The molecule has 0 aromatic rings. The predicted molar refractivity (Wildman–Crippen MR) is 37.5 cm³/mol. The average Bonchev–Trinajstić information content (AvgIpc) is 1.38. The number of hydrogen-bond donors (Lipinski definition) is 2. The number of hydrogen-bond acceptors (Lipinski definition) is 2. The van der Waals surface area contributed by atoms with Crippen molar-refractivity contribution in [3.63, 3.8) is 0 Å². The Balaban J connectivity index is -0.0000000133. The van der Waals surface area contributed by atoms with Crippen LogP contribution in [0.2, 0.25) is 0 Å². The van der Waals surface area contributed by atoms with Crippen molar-refractivity contribution in [1.29, 1.82) is 0 Å². The maximum Gasteiger partial charge on any atom is 0.317 e. The minimum atomic E-state index is -0.968. The van der Waals surface area contributed by atoms with Gasteiger partial charge in [-0.3, -0.25) is 4.79 Å². The third-order valence-corrected chi connectivity index (χ3v) is 0.175. The van der Waals surface area contributed by atoms with Crippen LogP contribution < -0.4 is 5.73 Å². The van der Waals surface area contributed by atoms with Crippen LogP contribution in [-0.2, 0) is 31.0 Å². The van der Waals surface area contributed by atoms with Crippen molar-refractivity contribution in [2.45, 2.75) is 0 Å². The molecular weight excluding hydrogens is 240 g/mol. The molecule has 0 bridgehead atoms. The van der Waals surface area contributed by atoms with Crippen LogP contribution in [0.15, 0.2) is 0 Å². The number of aliphatic carboxylic acids is 1. The molecule has 0 radical (unpaired) electrons. The molecule has 0 saturated carbocycles. The van der Waals surface area contributed by atoms with Crippen molar-refractivity contribution in [2.75, 3.05) is 6.54 Å². The molecule has 0 rings (SSSR count). The van der Waals surface area contributed by atoms with E-state index in [2.05, 4.69) is 5.73 Å². The molecule has 0 amide bonds. The Labute approximate surface area is 89.2 Å². The molecule has 0 fully saturated rings. The Kier molecular flexibility index (Phi) is 82.1. The minimum Gasteiger partial charge on any atom is -0.480 e. The average molecular weight is 251 g/mol. The summed E-state index contributed by atoms with van der Waals surface area (Å²) in [7, 11) is 0. The van der Waals surface area contributed by atoms with E-state index in [-0.39, 0.29) is 68.0 Å². The van der Waals surface area contributed by atoms with Crippen LogP contribution in [-0.4, -0.2) is 40.5 Å². The Hall–Kier alpha value is 1.10. The quantitative estimate of drug-likeness (QED) is 0.502. The fraction of sp³-hybridized carbons (Fsp3) is 0.500. The molecule has 7 heteroatoms. The minimum absolute atomic E-state index is 0. The van der Waals surface area contributed by atoms with Crippen LogP contribution in [0.25, 0.3) is 0 Å². The molecule has 0 aliphatic rings. The smallest absolute Gasteiger partial charge is 0.317 e. The predicted octanol–water partition coefficient (Wildman–Crippen LogP) is -2.56. The largest absolute Gasteiger partial charge is 0.480 e. The zero-order valence-electron chi connectivity index (χ0n) is 4.05. The van der Waals surface area contributed by atoms with Gasteiger partial charge in [-0.2, -0.15) is 0 Å². The number of halogens is 1. The van der Waals surface area contributed by atoms with Gasteiger partial charge in [-0.05, 0) is 0 Å². The summed E-state index contributed by atoms with van der Waals surface area (Å²) in [4.78, 5) is 9.24. The summed E-state index contributed by atoms with van der Waals surface area (Å²) < 4.78 is 0. The first-order valence-electron chi connectivity index (χ1n) is 1.19. The van der Waals surface area contributed by atoms with Crippen molar-refractivity contribution in [3.8, 4) is 0 Å². The zero-order chi connectivity index (χ0) is 4.28. The summed E-state index contributed by atoms with van der Waals surface area (Å²) in [5.74, 6) is -0.968. The van der Waals surface area contributed by atoms with Crippen molar-refractivity contribution in [3.05, 3.63) is 0 Å². The molecule has 0 heterocycles. The standard InChI is InChI=1S/C2H5NO2.Al.ClH.H2O.Zr.3H/c3-1-2(4)5;;;;;;;/h1,3H2,(H,4,5);;1H;1H2;;;;. The molecule has 0 spiro atoms. The van der Waals surface area contributed by atoms with E-state index in [1.807, 2.05) is 0 Å². The number of nitrogens with two attached hydrogens (primary N) is 1. The second kappa shape index (κ2) is 23.0. The van der Waals surface area contributed by atoms with Crippen molar-refractivity contribution in [1.82, 2.24) is 0 Å². The SMILES string of the molecule is Cl.NCC(=O)O.O.[AlH3].[Zr]. The normalized spacial score (nSPS) is 4.11. The Morgan fingerprint density at radius 2 is 1.67 bits per heavy atom. The summed E-state index contributed by atoms with van der Waals surface area (Å²) in [5.41, 5.74) is 4.57. The molecule has 0 saturated heterocycles. The monoisotopic (exact) mass is 249 g/mol. The summed E-state index contributed by atoms with van der Waals surface area (Å²) in [6.45, 7) is -0.278. The van der Waals surface area contributed by atoms with Crippen LogP contribution in [0.1, 0.15) is 0 Å². The van der Waals surface area contributed by atoms with E-state index in [4.69, 9.17) is 5.11 Å². The Morgan fingerprint density at radius 1 is 1.56 bits per heavy atom. The van der Waals surface area contributed by atoms with Gasteiger partial charge < -0.3 is 16.3 Å². The van der Waals surface area contributed by atoms with Gasteiger partial charge in [-0.15, -0.1) is 12.4 Å². The Morgan fingerprint density at radius 3 is 1.67 bits per heavy atom. The molecule has 0 aromatic heterocycles. The van der Waals surface area contributed by atoms with E-state index in [0.717, 1.165) is 0 Å². The van der Waals surface area contributed by atoms with Gasteiger partial charge in [-0.1, -0.05) is 0 Å². The van der Waals surface area contributed by atoms with Crippen molar-refractivity contribution >= 4 is 35.7 Å². The second-order valence-electron chi connectivity index (χ2n) is 0.598. The number of carbonyl (C=O) groups is 1. The molecule has 0 aromatic carbocycles. The zero-order valence-corrected chi connectivity index (χ0v) is 7.32. The van der Waals surface area contributed by atoms with Gasteiger partial charge in [0.05, 0.1) is 6.54 Å². The summed E-state index contributed by atoms with van der Waals surface area (Å²) in [6, 6.07) is 0. The van der Waals surface area contributed by atoms with Crippen LogP contribution in [0.3, 0.4) is 0 Å². The fourth-order valence-electron chi connectivity index (χ4n) is 0. The molecular formula is C2H11AlClNO3Zr. The van der Waals surface area contributed by atoms with Gasteiger partial charge in [0.2, 0.25) is 0 Å². The van der Waals surface area contributed by atoms with Crippen LogP contribution in [0.4, 0.5) is 0 Å². The van der Waals surface area contributed by atoms with E-state index in [1.165, 1.54) is 0 Å². The number of carboxylic acids is 1. The maximum atomic E-state index is 9.24. The third kappa shape index (κ3) is 47.8. The van der Waals surface area contributed by atoms with Gasteiger partial charge >= 0.3 is 5.97 Å². The van der Waals surface area contributed by atoms with Gasteiger partial charge in [0, 0.05) is 26.2 Å². The van der Waals surface area contributed by atoms with Crippen molar-refractivity contribution < 1.29 is 41.6 Å². The van der Waals surface area contributed by atoms with Crippen LogP contribution in [0, 0.1) is 0 Å². The first kappa shape index (κ1) is 32.2. The molecule has 56 valence electrons. The summed E-state index contributed by atoms with van der Waals surface area (Å²) in [6.07, 6.45) is 0. The van der Waals surface area contributed by atoms with Gasteiger partial charge in [0.15, 0.2) is 17.4 Å². The summed E-state index contributed by atoms with van der Waals surface area (Å²) >= 11 is 0. The molecule has 0 aliphatic carbocycles. The van der Waals surface area contributed by atoms with Gasteiger partial charge in [0.25, 0.3) is 0 Å². The van der Waals surface area contributed by atoms with Crippen molar-refractivity contribution in [2.24, 2.45) is 5.73 Å². The van der Waals surface area contributed by atoms with E-state index >= 15 is 0 Å². The van der Waals surface area contributed by atoms with E-state index < -0.39 is 5.97 Å². The Bertz CT molecular complexity index is 57.1. The summed E-state index contributed by atoms with van der Waals surface area (Å²) in [5, 5.41) is 7.60. The molecule has 0 unspecified atom stereocenters. The molecule has 9 heavy (non-hydrogen) atoms. The molecule has 4 nitrogen and oxygen atoms in total. The number of carboxylic acid groups (broad SMARTS) is 1. The first-order chi connectivity index (χ1) is 2.27. The molecule has 0 aliphatic heterocycles. The molecule has 0 atom stereocenters. The molecule has 5 N–H and O–H groups in total. The van der Waals surface area contributed by atoms with E-state index in [1.54, 1.807) is 0 Å². The topological polar surface area (TPSA) is 94.8 Å². The van der Waals surface area contributed by atoms with Gasteiger partial charge in [-0.25, -0.2) is 0 Å². The van der Waals surface area contributed by atoms with Crippen LogP contribution in [0.5, 0.6) is 0 Å². The number of rotatable bonds is 1. The van der Waals surface area contributed by atoms with Gasteiger partial charge in [0.1, 0.15) is 0 Å². The van der Waals surface area contributed by atoms with Crippen LogP contribution >= 0.6 is 12.4 Å².